The highest BCUT2D eigenvalue weighted by Crippen LogP contribution is 2.30. The lowest BCUT2D eigenvalue weighted by atomic mass is 10.3. The van der Waals surface area contributed by atoms with Crippen LogP contribution in [0.5, 0.6) is 0 Å². The minimum Gasteiger partial charge on any atom is -0.243 e. The minimum absolute atomic E-state index is 0.00493. The summed E-state index contributed by atoms with van der Waals surface area (Å²) in [7, 11) is -3.57. The number of nitrogens with zero attached hydrogens (tertiary/aromatic N) is 1. The summed E-state index contributed by atoms with van der Waals surface area (Å²) in [5.74, 6) is 1.07. The highest BCUT2D eigenvalue weighted by atomic mass is 35.5. The number of sulfonamides is 1. The molecule has 1 aliphatic rings. The van der Waals surface area contributed by atoms with Crippen molar-refractivity contribution >= 4 is 33.4 Å². The van der Waals surface area contributed by atoms with Crippen LogP contribution in [0.4, 0.5) is 0 Å². The summed E-state index contributed by atoms with van der Waals surface area (Å²) < 4.78 is 27.2. The third-order valence-corrected chi connectivity index (χ3v) is 6.32. The molecule has 4 nitrogen and oxygen atoms in total. The molecule has 2 rings (SSSR count). The summed E-state index contributed by atoms with van der Waals surface area (Å²) in [6, 6.07) is 3.06. The van der Waals surface area contributed by atoms with E-state index in [0.717, 1.165) is 25.0 Å². The Hall–Kier alpha value is -0.300. The highest BCUT2D eigenvalue weighted by Gasteiger charge is 2.29. The molecule has 1 aromatic heterocycles. The molecule has 2 unspecified atom stereocenters. The topological polar surface area (TPSA) is 59.1 Å². The number of rotatable bonds is 5. The first-order chi connectivity index (χ1) is 9.03. The van der Waals surface area contributed by atoms with Crippen LogP contribution in [0.25, 0.3) is 0 Å². The molecular formula is C12H17ClN2O2S2. The second-order valence-electron chi connectivity index (χ2n) is 4.50. The molecule has 1 N–H and O–H groups in total. The number of thioether (sulfide) groups is 1. The van der Waals surface area contributed by atoms with Crippen LogP contribution in [-0.2, 0) is 10.0 Å². The van der Waals surface area contributed by atoms with Crippen LogP contribution in [0.3, 0.4) is 0 Å². The Morgan fingerprint density at radius 1 is 1.53 bits per heavy atom. The van der Waals surface area contributed by atoms with Crippen molar-refractivity contribution in [2.45, 2.75) is 42.4 Å². The number of nitrogens with one attached hydrogen (secondary N) is 1. The molecule has 1 aliphatic carbocycles. The Morgan fingerprint density at radius 2 is 2.32 bits per heavy atom. The van der Waals surface area contributed by atoms with E-state index in [4.69, 9.17) is 11.6 Å². The van der Waals surface area contributed by atoms with Gasteiger partial charge in [0, 0.05) is 17.5 Å². The van der Waals surface area contributed by atoms with E-state index in [0.29, 0.717) is 5.25 Å². The van der Waals surface area contributed by atoms with Crippen molar-refractivity contribution in [3.05, 3.63) is 23.5 Å². The molecule has 0 aliphatic heterocycles. The zero-order valence-corrected chi connectivity index (χ0v) is 13.1. The maximum absolute atomic E-state index is 12.2. The fourth-order valence-electron chi connectivity index (χ4n) is 2.29. The van der Waals surface area contributed by atoms with Gasteiger partial charge in [0.25, 0.3) is 0 Å². The maximum Gasteiger partial charge on any atom is 0.243 e. The third kappa shape index (κ3) is 3.84. The van der Waals surface area contributed by atoms with Gasteiger partial charge in [0.05, 0.1) is 0 Å². The largest absolute Gasteiger partial charge is 0.243 e. The van der Waals surface area contributed by atoms with Gasteiger partial charge in [-0.2, -0.15) is 11.8 Å². The fourth-order valence-corrected chi connectivity index (χ4v) is 5.17. The SMILES string of the molecule is CCSC1CCC(NS(=O)(=O)c2cccnc2Cl)C1. The van der Waals surface area contributed by atoms with Crippen molar-refractivity contribution in [1.82, 2.24) is 9.71 Å². The Labute approximate surface area is 123 Å². The second-order valence-corrected chi connectivity index (χ2v) is 8.12. The summed E-state index contributed by atoms with van der Waals surface area (Å²) in [4.78, 5) is 3.87. The van der Waals surface area contributed by atoms with E-state index in [2.05, 4.69) is 16.6 Å². The molecule has 0 spiro atoms. The van der Waals surface area contributed by atoms with Crippen molar-refractivity contribution < 1.29 is 8.42 Å². The van der Waals surface area contributed by atoms with Crippen LogP contribution >= 0.6 is 23.4 Å². The van der Waals surface area contributed by atoms with Gasteiger partial charge in [0.15, 0.2) is 0 Å². The first-order valence-electron chi connectivity index (χ1n) is 6.27. The summed E-state index contributed by atoms with van der Waals surface area (Å²) >= 11 is 7.73. The molecule has 7 heteroatoms. The van der Waals surface area contributed by atoms with Crippen LogP contribution in [0, 0.1) is 0 Å². The van der Waals surface area contributed by atoms with Crippen molar-refractivity contribution in [3.63, 3.8) is 0 Å². The van der Waals surface area contributed by atoms with Gasteiger partial charge < -0.3 is 0 Å². The average Bonchev–Trinajstić information content (AvgIpc) is 2.76. The summed E-state index contributed by atoms with van der Waals surface area (Å²) in [5, 5.41) is 0.578. The van der Waals surface area contributed by atoms with Crippen LogP contribution in [-0.4, -0.2) is 30.4 Å². The van der Waals surface area contributed by atoms with Crippen molar-refractivity contribution in [1.29, 1.82) is 0 Å². The molecule has 0 saturated heterocycles. The molecule has 2 atom stereocenters. The lowest BCUT2D eigenvalue weighted by molar-refractivity contribution is 0.552. The number of pyridine rings is 1. The van der Waals surface area contributed by atoms with Crippen molar-refractivity contribution in [3.8, 4) is 0 Å². The molecule has 0 amide bonds. The Kier molecular flexibility index (Phi) is 5.11. The van der Waals surface area contributed by atoms with Crippen LogP contribution < -0.4 is 4.72 Å². The standard InChI is InChI=1S/C12H17ClN2O2S2/c1-2-18-10-6-5-9(8-10)15-19(16,17)11-4-3-7-14-12(11)13/h3-4,7,9-10,15H,2,5-6,8H2,1H3. The average molecular weight is 321 g/mol. The maximum atomic E-state index is 12.2. The van der Waals surface area contributed by atoms with E-state index in [1.807, 2.05) is 11.8 Å². The lowest BCUT2D eigenvalue weighted by Crippen LogP contribution is -2.33. The first-order valence-corrected chi connectivity index (χ1v) is 9.18. The van der Waals surface area contributed by atoms with Crippen LogP contribution in [0.15, 0.2) is 23.2 Å². The molecule has 1 fully saturated rings. The van der Waals surface area contributed by atoms with Gasteiger partial charge in [0.1, 0.15) is 10.0 Å². The van der Waals surface area contributed by atoms with Crippen LogP contribution in [0.1, 0.15) is 26.2 Å². The van der Waals surface area contributed by atoms with E-state index >= 15 is 0 Å². The van der Waals surface area contributed by atoms with E-state index in [-0.39, 0.29) is 16.1 Å². The predicted octanol–water partition coefficient (Wildman–Crippen LogP) is 2.69. The Morgan fingerprint density at radius 3 is 3.00 bits per heavy atom. The fraction of sp³-hybridized carbons (Fsp3) is 0.583. The zero-order chi connectivity index (χ0) is 13.9. The number of halogens is 1. The van der Waals surface area contributed by atoms with Crippen molar-refractivity contribution in [2.24, 2.45) is 0 Å². The first kappa shape index (κ1) is 15.1. The predicted molar refractivity (Wildman–Crippen MR) is 79.1 cm³/mol. The molecule has 1 saturated carbocycles. The second kappa shape index (κ2) is 6.43. The Bertz CT molecular complexity index is 536. The van der Waals surface area contributed by atoms with E-state index in [1.165, 1.54) is 12.3 Å². The van der Waals surface area contributed by atoms with E-state index in [1.54, 1.807) is 6.07 Å². The summed E-state index contributed by atoms with van der Waals surface area (Å²) in [5.41, 5.74) is 0. The van der Waals surface area contributed by atoms with Gasteiger partial charge in [-0.25, -0.2) is 18.1 Å². The molecule has 1 aromatic rings. The number of hydrogen-bond acceptors (Lipinski definition) is 4. The van der Waals surface area contributed by atoms with Crippen molar-refractivity contribution in [2.75, 3.05) is 5.75 Å². The van der Waals surface area contributed by atoms with Gasteiger partial charge >= 0.3 is 0 Å². The smallest absolute Gasteiger partial charge is 0.243 e. The normalized spacial score (nSPS) is 23.7. The number of hydrogen-bond donors (Lipinski definition) is 1. The highest BCUT2D eigenvalue weighted by molar-refractivity contribution is 7.99. The molecule has 1 heterocycles. The molecule has 106 valence electrons. The van der Waals surface area contributed by atoms with Crippen LogP contribution in [0.2, 0.25) is 5.15 Å². The molecule has 19 heavy (non-hydrogen) atoms. The van der Waals surface area contributed by atoms with E-state index < -0.39 is 10.0 Å². The Balaban J connectivity index is 2.05. The van der Waals surface area contributed by atoms with E-state index in [9.17, 15) is 8.42 Å². The van der Waals surface area contributed by atoms with Gasteiger partial charge in [-0.1, -0.05) is 18.5 Å². The van der Waals surface area contributed by atoms with Gasteiger partial charge in [0.2, 0.25) is 10.0 Å². The summed E-state index contributed by atoms with van der Waals surface area (Å²) in [6.07, 6.45) is 4.31. The summed E-state index contributed by atoms with van der Waals surface area (Å²) in [6.45, 7) is 2.12. The molecular weight excluding hydrogens is 304 g/mol. The molecule has 0 bridgehead atoms. The lowest BCUT2D eigenvalue weighted by Gasteiger charge is -2.14. The monoisotopic (exact) mass is 320 g/mol. The number of aromatic nitrogens is 1. The molecule has 0 aromatic carbocycles. The third-order valence-electron chi connectivity index (χ3n) is 3.12. The molecule has 0 radical (unpaired) electrons. The zero-order valence-electron chi connectivity index (χ0n) is 10.7. The minimum atomic E-state index is -3.57. The van der Waals surface area contributed by atoms with Gasteiger partial charge in [-0.05, 0) is 37.1 Å². The van der Waals surface area contributed by atoms with Gasteiger partial charge in [-0.3, -0.25) is 0 Å². The van der Waals surface area contributed by atoms with Gasteiger partial charge in [-0.15, -0.1) is 0 Å². The quantitative estimate of drug-likeness (QED) is 0.847.